The zero-order valence-corrected chi connectivity index (χ0v) is 22.6. The second kappa shape index (κ2) is 13.7. The predicted molar refractivity (Wildman–Crippen MR) is 131 cm³/mol. The Morgan fingerprint density at radius 1 is 0.795 bits per heavy atom. The van der Waals surface area contributed by atoms with Gasteiger partial charge in [0.1, 0.15) is 55.4 Å². The lowest BCUT2D eigenvalue weighted by Gasteiger charge is -2.50. The van der Waals surface area contributed by atoms with Gasteiger partial charge in [0, 0.05) is 0 Å². The van der Waals surface area contributed by atoms with Gasteiger partial charge in [0.25, 0.3) is 5.79 Å². The first-order chi connectivity index (χ1) is 18.3. The largest absolute Gasteiger partial charge is 0.427 e. The molecule has 0 spiro atoms. The summed E-state index contributed by atoms with van der Waals surface area (Å²) in [5.41, 5.74) is 17.7. The minimum Gasteiger partial charge on any atom is -0.427 e. The maximum absolute atomic E-state index is 11.9. The number of aliphatic hydroxyl groups is 8. The Morgan fingerprint density at radius 3 is 1.85 bits per heavy atom. The van der Waals surface area contributed by atoms with Crippen molar-refractivity contribution in [2.24, 2.45) is 17.2 Å². The number of hydrogen-bond acceptors (Lipinski definition) is 18. The third-order valence-electron chi connectivity index (χ3n) is 6.82. The first-order valence-corrected chi connectivity index (χ1v) is 13.4. The fraction of sp³-hybridized carbons (Fsp3) is 0.950. The number of hydrogen-bond donors (Lipinski definition) is 11. The maximum Gasteiger partial charge on any atom is 0.318 e. The van der Waals surface area contributed by atoms with Crippen molar-refractivity contribution in [3.63, 3.8) is 0 Å². The Kier molecular flexibility index (Phi) is 11.6. The van der Waals surface area contributed by atoms with Crippen molar-refractivity contribution in [1.82, 2.24) is 0 Å². The summed E-state index contributed by atoms with van der Waals surface area (Å²) in [5.74, 6) is -3.37. The molecule has 3 heterocycles. The second-order valence-corrected chi connectivity index (χ2v) is 10.1. The van der Waals surface area contributed by atoms with E-state index in [9.17, 15) is 45.6 Å². The van der Waals surface area contributed by atoms with E-state index in [4.69, 9.17) is 45.6 Å². The smallest absolute Gasteiger partial charge is 0.318 e. The van der Waals surface area contributed by atoms with Gasteiger partial charge in [0.2, 0.25) is 0 Å². The zero-order chi connectivity index (χ0) is 29.2. The standard InChI is InChI=1S/C20H36IN3O15/c21-1-7(28)38-20(4-27)16(32)13(31)10(24)19(39-20)37-15-6(3-26)35-18(9(23)12(15)30)36-14-5(2-25)34-17(33)8(22)11(14)29/h5-6,8-19,25-27,29-33H,1-4,22-24H2/t5-,6-,8-,9-,10-,11-,12-,13-,14?,15?,16+,17-,18+,19+,20+/m1/s1. The number of ether oxygens (including phenoxy) is 6. The van der Waals surface area contributed by atoms with Crippen molar-refractivity contribution in [3.05, 3.63) is 0 Å². The SMILES string of the molecule is N[C@H]1[C@@H](OC2[C@@H](CO)O[C@@H](OC3[C@@H](CO)O[C@@H](O)[C@H](N)[C@H]3O)[C@H](N)[C@H]2O)O[C@](CO)(OC(=O)CI)[C@@H](O)[C@@H]1O. The number of halogens is 1. The minimum absolute atomic E-state index is 0.191. The molecular weight excluding hydrogens is 649 g/mol. The quantitative estimate of drug-likeness (QED) is 0.0610. The van der Waals surface area contributed by atoms with E-state index in [1.165, 1.54) is 0 Å². The highest BCUT2D eigenvalue weighted by atomic mass is 127. The van der Waals surface area contributed by atoms with E-state index in [2.05, 4.69) is 0 Å². The van der Waals surface area contributed by atoms with Crippen molar-refractivity contribution < 1.29 is 74.1 Å². The summed E-state index contributed by atoms with van der Waals surface area (Å²) in [4.78, 5) is 11.9. The van der Waals surface area contributed by atoms with Crippen LogP contribution in [0.3, 0.4) is 0 Å². The van der Waals surface area contributed by atoms with Crippen LogP contribution in [-0.4, -0.2) is 163 Å². The number of nitrogens with two attached hydrogens (primary N) is 3. The molecule has 0 bridgehead atoms. The predicted octanol–water partition coefficient (Wildman–Crippen LogP) is -7.37. The average molecular weight is 685 g/mol. The fourth-order valence-corrected chi connectivity index (χ4v) is 4.68. The Morgan fingerprint density at radius 2 is 1.31 bits per heavy atom. The molecule has 39 heavy (non-hydrogen) atoms. The molecule has 3 fully saturated rings. The molecule has 0 aromatic rings. The van der Waals surface area contributed by atoms with Crippen LogP contribution in [-0.2, 0) is 33.2 Å². The Balaban J connectivity index is 1.78. The third kappa shape index (κ3) is 6.64. The van der Waals surface area contributed by atoms with Crippen LogP contribution in [0.2, 0.25) is 0 Å². The first kappa shape index (κ1) is 33.1. The minimum atomic E-state index is -2.47. The Hall–Kier alpha value is -0.440. The highest BCUT2D eigenvalue weighted by molar-refractivity contribution is 14.1. The highest BCUT2D eigenvalue weighted by Crippen LogP contribution is 2.34. The third-order valence-corrected chi connectivity index (χ3v) is 7.44. The van der Waals surface area contributed by atoms with E-state index in [1.54, 1.807) is 22.6 Å². The number of carbonyl (C=O) groups excluding carboxylic acids is 1. The summed E-state index contributed by atoms with van der Waals surface area (Å²) >= 11 is 1.67. The summed E-state index contributed by atoms with van der Waals surface area (Å²) < 4.78 is 32.5. The molecule has 15 atom stereocenters. The molecule has 18 nitrogen and oxygen atoms in total. The van der Waals surface area contributed by atoms with Gasteiger partial charge in [-0.15, -0.1) is 0 Å². The van der Waals surface area contributed by atoms with Crippen molar-refractivity contribution in [3.8, 4) is 0 Å². The molecule has 0 saturated carbocycles. The van der Waals surface area contributed by atoms with E-state index in [1.807, 2.05) is 0 Å². The lowest BCUT2D eigenvalue weighted by Crippen LogP contribution is -2.72. The van der Waals surface area contributed by atoms with Crippen molar-refractivity contribution in [2.75, 3.05) is 24.2 Å². The number of aliphatic hydroxyl groups excluding tert-OH is 8. The molecule has 3 aliphatic rings. The van der Waals surface area contributed by atoms with Gasteiger partial charge in [-0.2, -0.15) is 0 Å². The summed E-state index contributed by atoms with van der Waals surface area (Å²) in [6.07, 6.45) is -17.4. The molecule has 228 valence electrons. The van der Waals surface area contributed by atoms with Gasteiger partial charge < -0.3 is 86.5 Å². The Bertz CT molecular complexity index is 816. The maximum atomic E-state index is 11.9. The monoisotopic (exact) mass is 685 g/mol. The van der Waals surface area contributed by atoms with Gasteiger partial charge in [-0.3, -0.25) is 4.79 Å². The van der Waals surface area contributed by atoms with Crippen LogP contribution in [0.4, 0.5) is 0 Å². The van der Waals surface area contributed by atoms with E-state index in [-0.39, 0.29) is 4.43 Å². The van der Waals surface area contributed by atoms with Crippen LogP contribution < -0.4 is 17.2 Å². The van der Waals surface area contributed by atoms with E-state index < -0.39 is 117 Å². The average Bonchev–Trinajstić information content (AvgIpc) is 2.93. The first-order valence-electron chi connectivity index (χ1n) is 11.9. The number of esters is 1. The molecule has 0 aromatic carbocycles. The van der Waals surface area contributed by atoms with Gasteiger partial charge in [-0.1, -0.05) is 22.6 Å². The lowest BCUT2D eigenvalue weighted by molar-refractivity contribution is -0.398. The molecule has 14 N–H and O–H groups in total. The second-order valence-electron chi connectivity index (χ2n) is 9.39. The van der Waals surface area contributed by atoms with Gasteiger partial charge in [-0.05, 0) is 0 Å². The van der Waals surface area contributed by atoms with Crippen LogP contribution in [0.1, 0.15) is 0 Å². The van der Waals surface area contributed by atoms with Crippen LogP contribution in [0, 0.1) is 0 Å². The molecule has 0 aromatic heterocycles. The molecule has 0 amide bonds. The van der Waals surface area contributed by atoms with E-state index in [0.717, 1.165) is 0 Å². The van der Waals surface area contributed by atoms with Crippen molar-refractivity contribution in [1.29, 1.82) is 0 Å². The summed E-state index contributed by atoms with van der Waals surface area (Å²) in [6.45, 7) is -2.58. The topological polar surface area (TPSA) is 312 Å². The van der Waals surface area contributed by atoms with E-state index >= 15 is 0 Å². The van der Waals surface area contributed by atoms with E-state index in [0.29, 0.717) is 0 Å². The molecular formula is C20H36IN3O15. The summed E-state index contributed by atoms with van der Waals surface area (Å²) in [7, 11) is 0. The van der Waals surface area contributed by atoms with Crippen LogP contribution in [0.15, 0.2) is 0 Å². The van der Waals surface area contributed by atoms with Gasteiger partial charge in [0.05, 0.1) is 35.8 Å². The van der Waals surface area contributed by atoms with Gasteiger partial charge in [-0.25, -0.2) is 0 Å². The number of rotatable bonds is 9. The summed E-state index contributed by atoms with van der Waals surface area (Å²) in [6, 6.07) is -4.24. The van der Waals surface area contributed by atoms with Crippen molar-refractivity contribution in [2.45, 2.75) is 91.6 Å². The van der Waals surface area contributed by atoms with Crippen LogP contribution >= 0.6 is 22.6 Å². The highest BCUT2D eigenvalue weighted by Gasteiger charge is 2.58. The number of carbonyl (C=O) groups is 1. The zero-order valence-electron chi connectivity index (χ0n) is 20.5. The summed E-state index contributed by atoms with van der Waals surface area (Å²) in [5, 5.41) is 81.5. The van der Waals surface area contributed by atoms with Gasteiger partial charge in [0.15, 0.2) is 18.9 Å². The number of alkyl halides is 1. The normalized spacial score (nSPS) is 49.0. The fourth-order valence-electron chi connectivity index (χ4n) is 4.52. The van der Waals surface area contributed by atoms with Crippen molar-refractivity contribution >= 4 is 28.6 Å². The molecule has 0 radical (unpaired) electrons. The van der Waals surface area contributed by atoms with Crippen LogP contribution in [0.5, 0.6) is 0 Å². The molecule has 3 rings (SSSR count). The molecule has 3 saturated heterocycles. The van der Waals surface area contributed by atoms with Crippen LogP contribution in [0.25, 0.3) is 0 Å². The molecule has 19 heteroatoms. The molecule has 0 aliphatic carbocycles. The molecule has 2 unspecified atom stereocenters. The lowest BCUT2D eigenvalue weighted by atomic mass is 9.93. The molecule has 3 aliphatic heterocycles. The van der Waals surface area contributed by atoms with Gasteiger partial charge >= 0.3 is 5.97 Å². The Labute approximate surface area is 235 Å².